The van der Waals surface area contributed by atoms with Crippen molar-refractivity contribution in [3.8, 4) is 11.5 Å². The van der Waals surface area contributed by atoms with Gasteiger partial charge in [0.2, 0.25) is 0 Å². The van der Waals surface area contributed by atoms with Crippen LogP contribution in [0.1, 0.15) is 31.1 Å². The summed E-state index contributed by atoms with van der Waals surface area (Å²) in [7, 11) is 1.51. The first-order valence-electron chi connectivity index (χ1n) is 8.57. The lowest BCUT2D eigenvalue weighted by Crippen LogP contribution is -2.44. The number of hydrogen-bond acceptors (Lipinski definition) is 5. The molecule has 0 radical (unpaired) electrons. The molecule has 7 heteroatoms. The molecule has 2 N–H and O–H groups in total. The van der Waals surface area contributed by atoms with E-state index in [0.29, 0.717) is 17.1 Å². The molecular formula is C20H24N2O4S. The van der Waals surface area contributed by atoms with Crippen molar-refractivity contribution in [2.75, 3.05) is 7.11 Å². The molecule has 0 spiro atoms. The summed E-state index contributed by atoms with van der Waals surface area (Å²) in [6.07, 6.45) is -0.0125. The Bertz CT molecular complexity index is 781. The van der Waals surface area contributed by atoms with Gasteiger partial charge in [-0.05, 0) is 51.1 Å². The Labute approximate surface area is 163 Å². The first-order valence-corrected chi connectivity index (χ1v) is 9.45. The third-order valence-electron chi connectivity index (χ3n) is 3.51. The molecule has 0 aliphatic carbocycles. The van der Waals surface area contributed by atoms with Crippen LogP contribution in [0.4, 0.5) is 0 Å². The largest absolute Gasteiger partial charge is 0.493 e. The lowest BCUT2D eigenvalue weighted by molar-refractivity contribution is -0.121. The quantitative estimate of drug-likeness (QED) is 0.561. The maximum atomic E-state index is 12.3. The van der Waals surface area contributed by atoms with Gasteiger partial charge in [-0.15, -0.1) is 11.8 Å². The molecule has 2 aromatic carbocycles. The van der Waals surface area contributed by atoms with Crippen LogP contribution in [0.3, 0.4) is 0 Å². The summed E-state index contributed by atoms with van der Waals surface area (Å²) in [4.78, 5) is 25.5. The number of hydrazine groups is 1. The predicted octanol–water partition coefficient (Wildman–Crippen LogP) is 3.42. The Morgan fingerprint density at radius 1 is 0.963 bits per heavy atom. The Kier molecular flexibility index (Phi) is 7.55. The highest BCUT2D eigenvalue weighted by Gasteiger charge is 2.16. The average Bonchev–Trinajstić information content (AvgIpc) is 2.66. The second-order valence-corrected chi connectivity index (χ2v) is 7.46. The molecule has 2 aromatic rings. The molecule has 6 nitrogen and oxygen atoms in total. The number of amides is 2. The maximum Gasteiger partial charge on any atom is 0.269 e. The van der Waals surface area contributed by atoms with Crippen LogP contribution in [0.15, 0.2) is 53.4 Å². The van der Waals surface area contributed by atoms with E-state index < -0.39 is 5.91 Å². The third-order valence-corrected chi connectivity index (χ3v) is 4.62. The van der Waals surface area contributed by atoms with E-state index >= 15 is 0 Å². The van der Waals surface area contributed by atoms with E-state index in [1.807, 2.05) is 44.2 Å². The minimum absolute atomic E-state index is 0.0125. The zero-order chi connectivity index (χ0) is 19.8. The molecule has 0 saturated heterocycles. The lowest BCUT2D eigenvalue weighted by atomic mass is 10.2. The molecule has 0 saturated carbocycles. The van der Waals surface area contributed by atoms with Crippen molar-refractivity contribution >= 4 is 23.6 Å². The van der Waals surface area contributed by atoms with Crippen LogP contribution in [0.2, 0.25) is 0 Å². The summed E-state index contributed by atoms with van der Waals surface area (Å²) < 4.78 is 10.9. The van der Waals surface area contributed by atoms with E-state index in [1.54, 1.807) is 25.1 Å². The third kappa shape index (κ3) is 6.21. The number of rotatable bonds is 7. The molecule has 2 rings (SSSR count). The van der Waals surface area contributed by atoms with Crippen molar-refractivity contribution in [2.45, 2.75) is 37.0 Å². The van der Waals surface area contributed by atoms with E-state index in [4.69, 9.17) is 9.47 Å². The van der Waals surface area contributed by atoms with Crippen molar-refractivity contribution in [3.05, 3.63) is 54.1 Å². The first-order chi connectivity index (χ1) is 12.9. The molecular weight excluding hydrogens is 364 g/mol. The standard InChI is InChI=1S/C20H24N2O4S/c1-13(2)26-17-11-10-15(12-18(17)25-4)20(24)22-21-19(23)14(3)27-16-8-6-5-7-9-16/h5-14H,1-4H3,(H,21,23)(H,22,24). The Morgan fingerprint density at radius 3 is 2.30 bits per heavy atom. The number of ether oxygens (including phenoxy) is 2. The van der Waals surface area contributed by atoms with Crippen LogP contribution in [0.5, 0.6) is 11.5 Å². The summed E-state index contributed by atoms with van der Waals surface area (Å²) in [6, 6.07) is 14.5. The van der Waals surface area contributed by atoms with Crippen LogP contribution >= 0.6 is 11.8 Å². The molecule has 0 aliphatic heterocycles. The number of carbonyl (C=O) groups is 2. The van der Waals surface area contributed by atoms with Crippen LogP contribution in [0.25, 0.3) is 0 Å². The van der Waals surface area contributed by atoms with Gasteiger partial charge in [0.05, 0.1) is 18.5 Å². The number of nitrogens with one attached hydrogen (secondary N) is 2. The van der Waals surface area contributed by atoms with Gasteiger partial charge in [0, 0.05) is 10.5 Å². The van der Waals surface area contributed by atoms with Gasteiger partial charge in [-0.3, -0.25) is 20.4 Å². The van der Waals surface area contributed by atoms with Crippen molar-refractivity contribution in [2.24, 2.45) is 0 Å². The van der Waals surface area contributed by atoms with E-state index in [-0.39, 0.29) is 17.3 Å². The Balaban J connectivity index is 1.93. The fraction of sp³-hybridized carbons (Fsp3) is 0.300. The minimum Gasteiger partial charge on any atom is -0.493 e. The number of methoxy groups -OCH3 is 1. The predicted molar refractivity (Wildman–Crippen MR) is 106 cm³/mol. The Morgan fingerprint density at radius 2 is 1.67 bits per heavy atom. The van der Waals surface area contributed by atoms with Crippen molar-refractivity contribution in [3.63, 3.8) is 0 Å². The number of thioether (sulfide) groups is 1. The highest BCUT2D eigenvalue weighted by molar-refractivity contribution is 8.00. The minimum atomic E-state index is -0.436. The second kappa shape index (κ2) is 9.87. The number of hydrogen-bond donors (Lipinski definition) is 2. The monoisotopic (exact) mass is 388 g/mol. The molecule has 27 heavy (non-hydrogen) atoms. The van der Waals surface area contributed by atoms with E-state index in [9.17, 15) is 9.59 Å². The van der Waals surface area contributed by atoms with Gasteiger partial charge in [0.25, 0.3) is 11.8 Å². The van der Waals surface area contributed by atoms with E-state index in [1.165, 1.54) is 18.9 Å². The van der Waals surface area contributed by atoms with Crippen molar-refractivity contribution in [1.29, 1.82) is 0 Å². The maximum absolute atomic E-state index is 12.3. The highest BCUT2D eigenvalue weighted by atomic mass is 32.2. The number of benzene rings is 2. The summed E-state index contributed by atoms with van der Waals surface area (Å²) in [6.45, 7) is 5.59. The summed E-state index contributed by atoms with van der Waals surface area (Å²) in [5, 5.41) is -0.357. The van der Waals surface area contributed by atoms with Crippen LogP contribution < -0.4 is 20.3 Å². The molecule has 0 fully saturated rings. The van der Waals surface area contributed by atoms with Gasteiger partial charge in [0.15, 0.2) is 11.5 Å². The topological polar surface area (TPSA) is 76.7 Å². The summed E-state index contributed by atoms with van der Waals surface area (Å²) in [5.41, 5.74) is 5.24. The van der Waals surface area contributed by atoms with Gasteiger partial charge < -0.3 is 9.47 Å². The van der Waals surface area contributed by atoms with Gasteiger partial charge in [0.1, 0.15) is 0 Å². The van der Waals surface area contributed by atoms with E-state index in [0.717, 1.165) is 4.90 Å². The van der Waals surface area contributed by atoms with Crippen LogP contribution in [-0.4, -0.2) is 30.3 Å². The van der Waals surface area contributed by atoms with E-state index in [2.05, 4.69) is 10.9 Å². The molecule has 1 unspecified atom stereocenters. The van der Waals surface area contributed by atoms with Gasteiger partial charge in [-0.1, -0.05) is 18.2 Å². The van der Waals surface area contributed by atoms with Crippen molar-refractivity contribution < 1.29 is 19.1 Å². The fourth-order valence-corrected chi connectivity index (χ4v) is 3.10. The first kappa shape index (κ1) is 20.6. The molecule has 144 valence electrons. The van der Waals surface area contributed by atoms with Crippen LogP contribution in [0, 0.1) is 0 Å². The number of carbonyl (C=O) groups excluding carboxylic acids is 2. The zero-order valence-corrected chi connectivity index (χ0v) is 16.6. The summed E-state index contributed by atoms with van der Waals surface area (Å²) >= 11 is 1.41. The molecule has 2 amide bonds. The van der Waals surface area contributed by atoms with Gasteiger partial charge in [-0.2, -0.15) is 0 Å². The lowest BCUT2D eigenvalue weighted by Gasteiger charge is -2.15. The second-order valence-electron chi connectivity index (χ2n) is 6.05. The summed E-state index contributed by atoms with van der Waals surface area (Å²) in [5.74, 6) is 0.287. The van der Waals surface area contributed by atoms with Gasteiger partial charge in [-0.25, -0.2) is 0 Å². The smallest absolute Gasteiger partial charge is 0.269 e. The van der Waals surface area contributed by atoms with Gasteiger partial charge >= 0.3 is 0 Å². The average molecular weight is 388 g/mol. The molecule has 1 atom stereocenters. The molecule has 0 bridgehead atoms. The Hall–Kier alpha value is -2.67. The fourth-order valence-electron chi connectivity index (χ4n) is 2.21. The zero-order valence-electron chi connectivity index (χ0n) is 15.8. The highest BCUT2D eigenvalue weighted by Crippen LogP contribution is 2.29. The molecule has 0 aliphatic rings. The van der Waals surface area contributed by atoms with Crippen LogP contribution in [-0.2, 0) is 4.79 Å². The normalized spacial score (nSPS) is 11.6. The SMILES string of the molecule is COc1cc(C(=O)NNC(=O)C(C)Sc2ccccc2)ccc1OC(C)C. The molecule has 0 heterocycles. The molecule has 0 aromatic heterocycles. The van der Waals surface area contributed by atoms with Crippen molar-refractivity contribution in [1.82, 2.24) is 10.9 Å².